The van der Waals surface area contributed by atoms with E-state index < -0.39 is 36.2 Å². The van der Waals surface area contributed by atoms with Crippen molar-refractivity contribution in [2.24, 2.45) is 5.92 Å². The molecule has 0 unspecified atom stereocenters. The van der Waals surface area contributed by atoms with E-state index in [-0.39, 0.29) is 38.9 Å². The number of piperidine rings is 1. The summed E-state index contributed by atoms with van der Waals surface area (Å²) in [5.74, 6) is -2.63. The molecule has 2 saturated heterocycles. The summed E-state index contributed by atoms with van der Waals surface area (Å²) in [6, 6.07) is -1.73. The van der Waals surface area contributed by atoms with Crippen molar-refractivity contribution in [3.8, 4) is 0 Å². The monoisotopic (exact) mass is 310 g/mol. The number of nitrogens with zero attached hydrogens (tertiary/aromatic N) is 2. The fraction of sp³-hybridized carbons (Fsp3) is 0.833. The molecule has 0 saturated carbocycles. The van der Waals surface area contributed by atoms with Gasteiger partial charge in [0.25, 0.3) is 0 Å². The Morgan fingerprint density at radius 2 is 1.71 bits per heavy atom. The van der Waals surface area contributed by atoms with E-state index in [1.54, 1.807) is 0 Å². The van der Waals surface area contributed by atoms with E-state index in [1.807, 2.05) is 0 Å². The van der Waals surface area contributed by atoms with E-state index in [1.165, 1.54) is 4.90 Å². The lowest BCUT2D eigenvalue weighted by atomic mass is 9.96. The minimum Gasteiger partial charge on any atom is -0.480 e. The van der Waals surface area contributed by atoms with Gasteiger partial charge in [0.15, 0.2) is 0 Å². The van der Waals surface area contributed by atoms with Crippen molar-refractivity contribution in [1.82, 2.24) is 9.80 Å². The molecule has 0 aromatic rings. The number of carbonyl (C=O) groups is 2. The average molecular weight is 310 g/mol. The third-order valence-corrected chi connectivity index (χ3v) is 4.04. The van der Waals surface area contributed by atoms with Crippen LogP contribution in [-0.2, 0) is 4.79 Å². The molecule has 0 radical (unpaired) electrons. The van der Waals surface area contributed by atoms with E-state index in [2.05, 4.69) is 0 Å². The van der Waals surface area contributed by atoms with Gasteiger partial charge in [-0.1, -0.05) is 0 Å². The third kappa shape index (κ3) is 3.39. The lowest BCUT2D eigenvalue weighted by Crippen LogP contribution is -2.51. The number of likely N-dealkylation sites (tertiary alicyclic amines) is 2. The molecule has 2 fully saturated rings. The van der Waals surface area contributed by atoms with Gasteiger partial charge in [0, 0.05) is 26.1 Å². The molecule has 0 bridgehead atoms. The van der Waals surface area contributed by atoms with Gasteiger partial charge in [-0.2, -0.15) is 13.2 Å². The van der Waals surface area contributed by atoms with Gasteiger partial charge < -0.3 is 20.0 Å². The number of rotatable bonds is 1. The highest BCUT2D eigenvalue weighted by Crippen LogP contribution is 2.34. The van der Waals surface area contributed by atoms with E-state index in [4.69, 9.17) is 5.11 Å². The molecule has 2 aliphatic rings. The number of urea groups is 1. The Morgan fingerprint density at radius 3 is 2.19 bits per heavy atom. The summed E-state index contributed by atoms with van der Waals surface area (Å²) in [6.45, 7) is -0.209. The highest BCUT2D eigenvalue weighted by atomic mass is 19.4. The Kier molecular flexibility index (Phi) is 4.31. The van der Waals surface area contributed by atoms with Gasteiger partial charge >= 0.3 is 18.2 Å². The van der Waals surface area contributed by atoms with Crippen LogP contribution in [0.2, 0.25) is 0 Å². The van der Waals surface area contributed by atoms with Crippen molar-refractivity contribution >= 4 is 12.0 Å². The summed E-state index contributed by atoms with van der Waals surface area (Å²) in [5.41, 5.74) is 0. The first-order valence-electron chi connectivity index (χ1n) is 6.73. The molecular weight excluding hydrogens is 293 g/mol. The number of carboxylic acids is 1. The maximum absolute atomic E-state index is 12.6. The van der Waals surface area contributed by atoms with Gasteiger partial charge in [0.1, 0.15) is 6.04 Å². The van der Waals surface area contributed by atoms with Crippen LogP contribution in [0, 0.1) is 5.92 Å². The molecule has 2 rings (SSSR count). The van der Waals surface area contributed by atoms with Gasteiger partial charge in [-0.3, -0.25) is 0 Å². The molecule has 9 heteroatoms. The van der Waals surface area contributed by atoms with Crippen LogP contribution in [0.15, 0.2) is 0 Å². The van der Waals surface area contributed by atoms with Crippen LogP contribution in [0.5, 0.6) is 0 Å². The van der Waals surface area contributed by atoms with Crippen LogP contribution in [0.4, 0.5) is 18.0 Å². The van der Waals surface area contributed by atoms with Crippen molar-refractivity contribution in [2.45, 2.75) is 37.6 Å². The zero-order valence-corrected chi connectivity index (χ0v) is 11.2. The number of carboxylic acid groups (broad SMARTS) is 1. The zero-order chi connectivity index (χ0) is 15.8. The highest BCUT2D eigenvalue weighted by molar-refractivity contribution is 5.83. The molecule has 6 nitrogen and oxygen atoms in total. The van der Waals surface area contributed by atoms with Crippen LogP contribution in [0.3, 0.4) is 0 Å². The Hall–Kier alpha value is -1.51. The molecule has 0 aliphatic carbocycles. The lowest BCUT2D eigenvalue weighted by molar-refractivity contribution is -0.183. The minimum atomic E-state index is -4.26. The fourth-order valence-corrected chi connectivity index (χ4v) is 2.84. The number of alkyl halides is 3. The zero-order valence-electron chi connectivity index (χ0n) is 11.2. The second-order valence-corrected chi connectivity index (χ2v) is 5.48. The molecule has 2 atom stereocenters. The Bertz CT molecular complexity index is 421. The van der Waals surface area contributed by atoms with Crippen LogP contribution in [0.1, 0.15) is 19.3 Å². The first-order valence-corrected chi connectivity index (χ1v) is 6.73. The first-order chi connectivity index (χ1) is 9.70. The second kappa shape index (κ2) is 5.70. The predicted octanol–water partition coefficient (Wildman–Crippen LogP) is 0.901. The molecule has 120 valence electrons. The Labute approximate surface area is 119 Å². The largest absolute Gasteiger partial charge is 0.480 e. The van der Waals surface area contributed by atoms with Crippen LogP contribution in [-0.4, -0.2) is 70.0 Å². The maximum atomic E-state index is 12.6. The maximum Gasteiger partial charge on any atom is 0.391 e. The summed E-state index contributed by atoms with van der Waals surface area (Å²) in [4.78, 5) is 25.5. The number of hydrogen-bond acceptors (Lipinski definition) is 3. The van der Waals surface area contributed by atoms with E-state index >= 15 is 0 Å². The molecular formula is C12H17F3N2O4. The van der Waals surface area contributed by atoms with Crippen molar-refractivity contribution in [3.63, 3.8) is 0 Å². The Balaban J connectivity index is 1.97. The van der Waals surface area contributed by atoms with Gasteiger partial charge in [-0.15, -0.1) is 0 Å². The number of β-amino-alcohol motifs (C(OH)–C–C–N with tert-alkyl or cyclic N) is 1. The van der Waals surface area contributed by atoms with E-state index in [0.717, 1.165) is 4.90 Å². The smallest absolute Gasteiger partial charge is 0.391 e. The molecule has 0 aromatic heterocycles. The fourth-order valence-electron chi connectivity index (χ4n) is 2.84. The Morgan fingerprint density at radius 1 is 1.14 bits per heavy atom. The number of carbonyl (C=O) groups excluding carboxylic acids is 1. The predicted molar refractivity (Wildman–Crippen MR) is 64.5 cm³/mol. The second-order valence-electron chi connectivity index (χ2n) is 5.48. The summed E-state index contributed by atoms with van der Waals surface area (Å²) in [5, 5.41) is 18.5. The average Bonchev–Trinajstić information content (AvgIpc) is 2.79. The van der Waals surface area contributed by atoms with Crippen molar-refractivity contribution in [2.75, 3.05) is 19.6 Å². The number of amides is 2. The molecule has 2 aliphatic heterocycles. The van der Waals surface area contributed by atoms with Crippen LogP contribution < -0.4 is 0 Å². The molecule has 21 heavy (non-hydrogen) atoms. The first kappa shape index (κ1) is 15.9. The lowest BCUT2D eigenvalue weighted by Gasteiger charge is -2.36. The van der Waals surface area contributed by atoms with Gasteiger partial charge in [-0.05, 0) is 12.8 Å². The van der Waals surface area contributed by atoms with Crippen LogP contribution in [0.25, 0.3) is 0 Å². The van der Waals surface area contributed by atoms with Crippen LogP contribution >= 0.6 is 0 Å². The SMILES string of the molecule is O=C(O)[C@H]1C[C@@H](O)CN1C(=O)N1CCC(C(F)(F)F)CC1. The number of hydrogen-bond donors (Lipinski definition) is 2. The highest BCUT2D eigenvalue weighted by Gasteiger charge is 2.44. The number of halogens is 3. The molecule has 0 aromatic carbocycles. The number of aliphatic carboxylic acids is 1. The topological polar surface area (TPSA) is 81.1 Å². The summed E-state index contributed by atoms with van der Waals surface area (Å²) in [6.07, 6.45) is -5.59. The van der Waals surface area contributed by atoms with Crippen molar-refractivity contribution < 1.29 is 33.0 Å². The summed E-state index contributed by atoms with van der Waals surface area (Å²) < 4.78 is 37.7. The standard InChI is InChI=1S/C12H17F3N2O4/c13-12(14,15)7-1-3-16(4-2-7)11(21)17-6-8(18)5-9(17)10(19)20/h7-9,18H,1-6H2,(H,19,20)/t8-,9-/m1/s1. The normalized spacial score (nSPS) is 28.0. The van der Waals surface area contributed by atoms with E-state index in [9.17, 15) is 27.9 Å². The number of aliphatic hydroxyl groups is 1. The molecule has 0 spiro atoms. The quantitative estimate of drug-likeness (QED) is 0.754. The summed E-state index contributed by atoms with van der Waals surface area (Å²) >= 11 is 0. The summed E-state index contributed by atoms with van der Waals surface area (Å²) in [7, 11) is 0. The van der Waals surface area contributed by atoms with Gasteiger partial charge in [0.05, 0.1) is 12.0 Å². The van der Waals surface area contributed by atoms with Gasteiger partial charge in [-0.25, -0.2) is 9.59 Å². The minimum absolute atomic E-state index is 0.0536. The van der Waals surface area contributed by atoms with Crippen molar-refractivity contribution in [3.05, 3.63) is 0 Å². The van der Waals surface area contributed by atoms with Crippen molar-refractivity contribution in [1.29, 1.82) is 0 Å². The van der Waals surface area contributed by atoms with Gasteiger partial charge in [0.2, 0.25) is 0 Å². The number of aliphatic hydroxyl groups excluding tert-OH is 1. The molecule has 2 N–H and O–H groups in total. The third-order valence-electron chi connectivity index (χ3n) is 4.04. The molecule has 2 heterocycles. The van der Waals surface area contributed by atoms with E-state index in [0.29, 0.717) is 0 Å². The molecule has 2 amide bonds.